The Morgan fingerprint density at radius 3 is 2.58 bits per heavy atom. The number of carbonyl (C=O) groups is 1. The van der Waals surface area contributed by atoms with Crippen LogP contribution in [0.3, 0.4) is 0 Å². The Kier molecular flexibility index (Phi) is 4.84. The van der Waals surface area contributed by atoms with Gasteiger partial charge in [-0.05, 0) is 32.4 Å². The molecule has 0 aromatic heterocycles. The number of benzene rings is 1. The zero-order valence-corrected chi connectivity index (χ0v) is 12.1. The number of carbonyl (C=O) groups excluding carboxylic acids is 1. The summed E-state index contributed by atoms with van der Waals surface area (Å²) in [6, 6.07) is 5.81. The largest absolute Gasteiger partial charge is 0.389 e. The highest BCUT2D eigenvalue weighted by Gasteiger charge is 2.22. The number of ketones is 1. The molecule has 1 aromatic carbocycles. The van der Waals surface area contributed by atoms with Gasteiger partial charge in [0, 0.05) is 12.1 Å². The van der Waals surface area contributed by atoms with Crippen molar-refractivity contribution in [3.05, 3.63) is 29.8 Å². The van der Waals surface area contributed by atoms with Crippen molar-refractivity contribution in [1.82, 2.24) is 4.72 Å². The third kappa shape index (κ3) is 4.41. The molecule has 0 saturated carbocycles. The van der Waals surface area contributed by atoms with Crippen molar-refractivity contribution in [1.29, 1.82) is 0 Å². The van der Waals surface area contributed by atoms with E-state index in [4.69, 9.17) is 0 Å². The fourth-order valence-corrected chi connectivity index (χ4v) is 2.55. The molecular weight excluding hydrogens is 266 g/mol. The first kappa shape index (κ1) is 15.8. The minimum absolute atomic E-state index is 0.0205. The first-order chi connectivity index (χ1) is 8.68. The van der Waals surface area contributed by atoms with E-state index in [1.165, 1.54) is 25.1 Å². The highest BCUT2D eigenvalue weighted by Crippen LogP contribution is 2.13. The topological polar surface area (TPSA) is 83.5 Å². The summed E-state index contributed by atoms with van der Waals surface area (Å²) in [6.45, 7) is 4.63. The number of nitrogens with one attached hydrogen (secondary N) is 1. The van der Waals surface area contributed by atoms with Gasteiger partial charge in [0.2, 0.25) is 10.0 Å². The predicted molar refractivity (Wildman–Crippen MR) is 72.5 cm³/mol. The lowest BCUT2D eigenvalue weighted by Gasteiger charge is -2.21. The first-order valence-electron chi connectivity index (χ1n) is 6.01. The molecule has 2 N–H and O–H groups in total. The van der Waals surface area contributed by atoms with Gasteiger partial charge in [-0.1, -0.05) is 19.1 Å². The molecule has 0 saturated heterocycles. The van der Waals surface area contributed by atoms with Crippen molar-refractivity contribution < 1.29 is 18.3 Å². The molecule has 0 heterocycles. The molecule has 1 atom stereocenters. The SMILES string of the molecule is CCC(C)(O)CNS(=O)(=O)c1cccc(C(C)=O)c1. The monoisotopic (exact) mass is 285 g/mol. The Balaban J connectivity index is 2.95. The molecule has 106 valence electrons. The Hall–Kier alpha value is -1.24. The van der Waals surface area contributed by atoms with Gasteiger partial charge in [-0.15, -0.1) is 0 Å². The minimum atomic E-state index is -3.72. The van der Waals surface area contributed by atoms with Gasteiger partial charge in [0.25, 0.3) is 0 Å². The predicted octanol–water partition coefficient (Wildman–Crippen LogP) is 1.33. The van der Waals surface area contributed by atoms with E-state index in [9.17, 15) is 18.3 Å². The third-order valence-electron chi connectivity index (χ3n) is 2.96. The third-order valence-corrected chi connectivity index (χ3v) is 4.35. The van der Waals surface area contributed by atoms with Gasteiger partial charge in [-0.25, -0.2) is 13.1 Å². The highest BCUT2D eigenvalue weighted by molar-refractivity contribution is 7.89. The second kappa shape index (κ2) is 5.81. The normalized spacial score (nSPS) is 14.9. The van der Waals surface area contributed by atoms with Crippen molar-refractivity contribution in [3.63, 3.8) is 0 Å². The van der Waals surface area contributed by atoms with Gasteiger partial charge in [0.15, 0.2) is 5.78 Å². The van der Waals surface area contributed by atoms with Crippen molar-refractivity contribution >= 4 is 15.8 Å². The molecular formula is C13H19NO4S. The van der Waals surface area contributed by atoms with Crippen LogP contribution in [0.4, 0.5) is 0 Å². The van der Waals surface area contributed by atoms with E-state index in [2.05, 4.69) is 4.72 Å². The van der Waals surface area contributed by atoms with Crippen molar-refractivity contribution in [2.75, 3.05) is 6.54 Å². The molecule has 0 amide bonds. The van der Waals surface area contributed by atoms with Crippen LogP contribution in [-0.4, -0.2) is 31.5 Å². The smallest absolute Gasteiger partial charge is 0.240 e. The Labute approximate surface area is 113 Å². The van der Waals surface area contributed by atoms with E-state index in [1.54, 1.807) is 19.9 Å². The Bertz CT molecular complexity index is 564. The molecule has 5 nitrogen and oxygen atoms in total. The van der Waals surface area contributed by atoms with E-state index in [0.29, 0.717) is 12.0 Å². The maximum atomic E-state index is 12.0. The molecule has 1 rings (SSSR count). The second-order valence-corrected chi connectivity index (χ2v) is 6.53. The summed E-state index contributed by atoms with van der Waals surface area (Å²) in [5.74, 6) is -0.197. The van der Waals surface area contributed by atoms with E-state index in [0.717, 1.165) is 0 Å². The number of rotatable bonds is 6. The summed E-state index contributed by atoms with van der Waals surface area (Å²) in [6.07, 6.45) is 0.434. The fourth-order valence-electron chi connectivity index (χ4n) is 1.34. The van der Waals surface area contributed by atoms with Crippen LogP contribution >= 0.6 is 0 Å². The summed E-state index contributed by atoms with van der Waals surface area (Å²) in [5.41, 5.74) is -0.754. The van der Waals surface area contributed by atoms with E-state index < -0.39 is 15.6 Å². The zero-order chi connectivity index (χ0) is 14.7. The van der Waals surface area contributed by atoms with Gasteiger partial charge in [0.1, 0.15) is 0 Å². The van der Waals surface area contributed by atoms with Crippen LogP contribution in [0, 0.1) is 0 Å². The molecule has 0 aliphatic carbocycles. The number of hydrogen-bond donors (Lipinski definition) is 2. The second-order valence-electron chi connectivity index (χ2n) is 4.76. The van der Waals surface area contributed by atoms with Crippen molar-refractivity contribution in [3.8, 4) is 0 Å². The van der Waals surface area contributed by atoms with Gasteiger partial charge >= 0.3 is 0 Å². The van der Waals surface area contributed by atoms with Crippen LogP contribution < -0.4 is 4.72 Å². The van der Waals surface area contributed by atoms with Crippen LogP contribution in [0.25, 0.3) is 0 Å². The Morgan fingerprint density at radius 2 is 2.05 bits per heavy atom. The van der Waals surface area contributed by atoms with Crippen molar-refractivity contribution in [2.24, 2.45) is 0 Å². The van der Waals surface area contributed by atoms with Gasteiger partial charge in [-0.2, -0.15) is 0 Å². The summed E-state index contributed by atoms with van der Waals surface area (Å²) < 4.78 is 26.4. The molecule has 0 aliphatic heterocycles. The summed E-state index contributed by atoms with van der Waals surface area (Å²) >= 11 is 0. The average Bonchev–Trinajstić information content (AvgIpc) is 2.37. The fraction of sp³-hybridized carbons (Fsp3) is 0.462. The van der Waals surface area contributed by atoms with Crippen LogP contribution in [0.1, 0.15) is 37.6 Å². The number of aliphatic hydroxyl groups is 1. The highest BCUT2D eigenvalue weighted by atomic mass is 32.2. The van der Waals surface area contributed by atoms with Crippen LogP contribution in [0.2, 0.25) is 0 Å². The average molecular weight is 285 g/mol. The van der Waals surface area contributed by atoms with E-state index in [1.807, 2.05) is 0 Å². The molecule has 6 heteroatoms. The molecule has 0 spiro atoms. The van der Waals surface area contributed by atoms with Crippen molar-refractivity contribution in [2.45, 2.75) is 37.7 Å². The van der Waals surface area contributed by atoms with E-state index in [-0.39, 0.29) is 17.2 Å². The lowest BCUT2D eigenvalue weighted by Crippen LogP contribution is -2.40. The molecule has 1 unspecified atom stereocenters. The molecule has 0 radical (unpaired) electrons. The summed E-state index contributed by atoms with van der Waals surface area (Å²) in [4.78, 5) is 11.3. The maximum Gasteiger partial charge on any atom is 0.240 e. The Morgan fingerprint density at radius 1 is 1.42 bits per heavy atom. The minimum Gasteiger partial charge on any atom is -0.389 e. The van der Waals surface area contributed by atoms with Crippen LogP contribution in [0.5, 0.6) is 0 Å². The first-order valence-corrected chi connectivity index (χ1v) is 7.49. The standard InChI is InChI=1S/C13H19NO4S/c1-4-13(3,16)9-14-19(17,18)12-7-5-6-11(8-12)10(2)15/h5-8,14,16H,4,9H2,1-3H3. The number of Topliss-reactive ketones (excluding diaryl/α,β-unsaturated/α-hetero) is 1. The molecule has 0 bridgehead atoms. The summed E-state index contributed by atoms with van der Waals surface area (Å²) in [5, 5.41) is 9.80. The van der Waals surface area contributed by atoms with Crippen LogP contribution in [0.15, 0.2) is 29.2 Å². The maximum absolute atomic E-state index is 12.0. The van der Waals surface area contributed by atoms with Gasteiger partial charge in [-0.3, -0.25) is 4.79 Å². The molecule has 19 heavy (non-hydrogen) atoms. The molecule has 1 aromatic rings. The van der Waals surface area contributed by atoms with Gasteiger partial charge in [0.05, 0.1) is 10.5 Å². The summed E-state index contributed by atoms with van der Waals surface area (Å²) in [7, 11) is -3.72. The molecule has 0 fully saturated rings. The van der Waals surface area contributed by atoms with Gasteiger partial charge < -0.3 is 5.11 Å². The number of hydrogen-bond acceptors (Lipinski definition) is 4. The quantitative estimate of drug-likeness (QED) is 0.772. The lowest BCUT2D eigenvalue weighted by molar-refractivity contribution is 0.0613. The lowest BCUT2D eigenvalue weighted by atomic mass is 10.1. The zero-order valence-electron chi connectivity index (χ0n) is 11.3. The van der Waals surface area contributed by atoms with E-state index >= 15 is 0 Å². The molecule has 0 aliphatic rings. The van der Waals surface area contributed by atoms with Crippen LogP contribution in [-0.2, 0) is 10.0 Å². The number of sulfonamides is 1.